The number of ketones is 1. The van der Waals surface area contributed by atoms with Crippen molar-refractivity contribution in [1.29, 1.82) is 0 Å². The highest BCUT2D eigenvalue weighted by atomic mass is 16.5. The van der Waals surface area contributed by atoms with E-state index >= 15 is 0 Å². The molecule has 0 spiro atoms. The Morgan fingerprint density at radius 2 is 1.74 bits per heavy atom. The smallest absolute Gasteiger partial charge is 0.316 e. The number of hydrogen-bond acceptors (Lipinski definition) is 7. The molecule has 31 heavy (non-hydrogen) atoms. The number of anilines is 2. The predicted molar refractivity (Wildman–Crippen MR) is 117 cm³/mol. The Labute approximate surface area is 181 Å². The molecule has 3 atom stereocenters. The minimum absolute atomic E-state index is 0.190. The maximum atomic E-state index is 13.7. The molecular weight excluding hydrogens is 396 g/mol. The van der Waals surface area contributed by atoms with Crippen LogP contribution >= 0.6 is 0 Å². The van der Waals surface area contributed by atoms with Crippen LogP contribution in [0.1, 0.15) is 24.9 Å². The molecule has 2 aliphatic rings. The zero-order chi connectivity index (χ0) is 22.1. The lowest BCUT2D eigenvalue weighted by molar-refractivity contribution is -0.151. The van der Waals surface area contributed by atoms with E-state index in [0.29, 0.717) is 23.5 Å². The highest BCUT2D eigenvalue weighted by Gasteiger charge is 2.45. The molecule has 162 valence electrons. The maximum absolute atomic E-state index is 13.7. The van der Waals surface area contributed by atoms with Gasteiger partial charge in [-0.3, -0.25) is 9.59 Å². The first kappa shape index (κ1) is 20.8. The topological polar surface area (TPSA) is 85.9 Å². The summed E-state index contributed by atoms with van der Waals surface area (Å²) in [5.41, 5.74) is 3.78. The van der Waals surface area contributed by atoms with Crippen molar-refractivity contribution in [2.75, 3.05) is 32.0 Å². The lowest BCUT2D eigenvalue weighted by Crippen LogP contribution is -2.39. The molecule has 7 nitrogen and oxygen atoms in total. The number of carbonyl (C=O) groups excluding carboxylic acids is 2. The summed E-state index contributed by atoms with van der Waals surface area (Å²) in [7, 11) is 4.46. The SMILES string of the molecule is COC(=O)[C@@H]1C(=O)C2=C(C[C@H]1C)Nc1ccccc1N[C@@H]2c1cccc(OC)c1OC. The van der Waals surface area contributed by atoms with Gasteiger partial charge in [-0.25, -0.2) is 0 Å². The van der Waals surface area contributed by atoms with Gasteiger partial charge >= 0.3 is 5.97 Å². The number of carbonyl (C=O) groups is 2. The molecule has 0 radical (unpaired) electrons. The fraction of sp³-hybridized carbons (Fsp3) is 0.333. The molecule has 0 amide bonds. The summed E-state index contributed by atoms with van der Waals surface area (Å²) in [5, 5.41) is 6.93. The van der Waals surface area contributed by atoms with Crippen LogP contribution in [0.15, 0.2) is 53.7 Å². The minimum atomic E-state index is -0.854. The number of allylic oxidation sites excluding steroid dienone is 1. The van der Waals surface area contributed by atoms with Gasteiger partial charge < -0.3 is 24.8 Å². The first-order chi connectivity index (χ1) is 15.0. The average molecular weight is 422 g/mol. The van der Waals surface area contributed by atoms with Gasteiger partial charge in [0.15, 0.2) is 17.3 Å². The van der Waals surface area contributed by atoms with E-state index < -0.39 is 17.9 Å². The van der Waals surface area contributed by atoms with Crippen LogP contribution in [-0.2, 0) is 14.3 Å². The average Bonchev–Trinajstić information content (AvgIpc) is 2.94. The summed E-state index contributed by atoms with van der Waals surface area (Å²) in [4.78, 5) is 26.2. The van der Waals surface area contributed by atoms with Gasteiger partial charge in [0.1, 0.15) is 5.92 Å². The molecule has 0 bridgehead atoms. The molecule has 1 aliphatic heterocycles. The lowest BCUT2D eigenvalue weighted by atomic mass is 9.74. The van der Waals surface area contributed by atoms with Crippen molar-refractivity contribution in [3.8, 4) is 11.5 Å². The molecule has 0 saturated heterocycles. The minimum Gasteiger partial charge on any atom is -0.493 e. The number of esters is 1. The van der Waals surface area contributed by atoms with Gasteiger partial charge in [0.2, 0.25) is 0 Å². The molecule has 0 fully saturated rings. The largest absolute Gasteiger partial charge is 0.493 e. The van der Waals surface area contributed by atoms with E-state index in [1.807, 2.05) is 49.4 Å². The van der Waals surface area contributed by atoms with E-state index in [1.165, 1.54) is 7.11 Å². The van der Waals surface area contributed by atoms with E-state index in [2.05, 4.69) is 10.6 Å². The van der Waals surface area contributed by atoms with Gasteiger partial charge in [0.05, 0.1) is 38.7 Å². The molecule has 0 unspecified atom stereocenters. The number of ether oxygens (including phenoxy) is 3. The third-order valence-electron chi connectivity index (χ3n) is 5.97. The van der Waals surface area contributed by atoms with Crippen LogP contribution < -0.4 is 20.1 Å². The van der Waals surface area contributed by atoms with Crippen molar-refractivity contribution in [3.05, 3.63) is 59.3 Å². The molecule has 0 saturated carbocycles. The van der Waals surface area contributed by atoms with Crippen molar-refractivity contribution in [2.24, 2.45) is 11.8 Å². The van der Waals surface area contributed by atoms with Gasteiger partial charge in [0.25, 0.3) is 0 Å². The maximum Gasteiger partial charge on any atom is 0.316 e. The number of hydrogen-bond donors (Lipinski definition) is 2. The predicted octanol–water partition coefficient (Wildman–Crippen LogP) is 3.93. The van der Waals surface area contributed by atoms with Crippen LogP contribution in [0.25, 0.3) is 0 Å². The second-order valence-corrected chi connectivity index (χ2v) is 7.77. The van der Waals surface area contributed by atoms with Crippen molar-refractivity contribution in [2.45, 2.75) is 19.4 Å². The number of rotatable bonds is 4. The van der Waals surface area contributed by atoms with Crippen molar-refractivity contribution < 1.29 is 23.8 Å². The molecule has 2 N–H and O–H groups in total. The van der Waals surface area contributed by atoms with E-state index in [9.17, 15) is 9.59 Å². The molecule has 0 aromatic heterocycles. The van der Waals surface area contributed by atoms with Crippen LogP contribution in [0.5, 0.6) is 11.5 Å². The number of nitrogens with one attached hydrogen (secondary N) is 2. The Morgan fingerprint density at radius 1 is 1.00 bits per heavy atom. The normalized spacial score (nSPS) is 22.3. The summed E-state index contributed by atoms with van der Waals surface area (Å²) < 4.78 is 16.1. The molecule has 7 heteroatoms. The first-order valence-corrected chi connectivity index (χ1v) is 10.2. The summed E-state index contributed by atoms with van der Waals surface area (Å²) in [6.45, 7) is 1.90. The fourth-order valence-corrected chi connectivity index (χ4v) is 4.51. The molecule has 1 heterocycles. The van der Waals surface area contributed by atoms with Crippen LogP contribution in [0.3, 0.4) is 0 Å². The molecule has 4 rings (SSSR count). The fourth-order valence-electron chi connectivity index (χ4n) is 4.51. The van der Waals surface area contributed by atoms with Gasteiger partial charge in [-0.05, 0) is 30.5 Å². The van der Waals surface area contributed by atoms with Crippen molar-refractivity contribution in [3.63, 3.8) is 0 Å². The lowest BCUT2D eigenvalue weighted by Gasteiger charge is -2.33. The Morgan fingerprint density at radius 3 is 2.42 bits per heavy atom. The second kappa shape index (κ2) is 8.34. The summed E-state index contributed by atoms with van der Waals surface area (Å²) >= 11 is 0. The van der Waals surface area contributed by atoms with E-state index in [4.69, 9.17) is 14.2 Å². The third-order valence-corrected chi connectivity index (χ3v) is 5.97. The third kappa shape index (κ3) is 3.50. The van der Waals surface area contributed by atoms with Crippen LogP contribution in [-0.4, -0.2) is 33.1 Å². The summed E-state index contributed by atoms with van der Waals surface area (Å²) in [5.74, 6) is -0.701. The Kier molecular flexibility index (Phi) is 5.59. The zero-order valence-corrected chi connectivity index (χ0v) is 18.0. The zero-order valence-electron chi connectivity index (χ0n) is 18.0. The second-order valence-electron chi connectivity index (χ2n) is 7.77. The standard InChI is InChI=1S/C24H26N2O5/c1-13-12-17-20(22(27)19(13)24(28)31-4)21(26-16-10-6-5-9-15(16)25-17)14-8-7-11-18(29-2)23(14)30-3/h5-11,13,19,21,25-26H,12H2,1-4H3/t13-,19+,21-/m1/s1. The number of benzene rings is 2. The molecule has 1 aliphatic carbocycles. The van der Waals surface area contributed by atoms with E-state index in [0.717, 1.165) is 22.6 Å². The number of Topliss-reactive ketones (excluding diaryl/α,β-unsaturated/α-hetero) is 1. The molecule has 2 aromatic carbocycles. The van der Waals surface area contributed by atoms with Gasteiger partial charge in [0, 0.05) is 16.8 Å². The van der Waals surface area contributed by atoms with Crippen LogP contribution in [0.2, 0.25) is 0 Å². The number of methoxy groups -OCH3 is 3. The Balaban J connectivity index is 1.93. The van der Waals surface area contributed by atoms with Crippen molar-refractivity contribution >= 4 is 23.1 Å². The van der Waals surface area contributed by atoms with Crippen LogP contribution in [0, 0.1) is 11.8 Å². The van der Waals surface area contributed by atoms with Gasteiger partial charge in [-0.15, -0.1) is 0 Å². The Bertz CT molecular complexity index is 1060. The van der Waals surface area contributed by atoms with E-state index in [1.54, 1.807) is 14.2 Å². The van der Waals surface area contributed by atoms with E-state index in [-0.39, 0.29) is 11.7 Å². The van der Waals surface area contributed by atoms with Crippen molar-refractivity contribution in [1.82, 2.24) is 0 Å². The highest BCUT2D eigenvalue weighted by Crippen LogP contribution is 2.47. The molecule has 2 aromatic rings. The van der Waals surface area contributed by atoms with Crippen LogP contribution in [0.4, 0.5) is 11.4 Å². The quantitative estimate of drug-likeness (QED) is 0.570. The molecular formula is C24H26N2O5. The van der Waals surface area contributed by atoms with Gasteiger partial charge in [-0.2, -0.15) is 0 Å². The number of para-hydroxylation sites is 3. The van der Waals surface area contributed by atoms with Gasteiger partial charge in [-0.1, -0.05) is 31.2 Å². The number of fused-ring (bicyclic) bond motifs is 1. The first-order valence-electron chi connectivity index (χ1n) is 10.2. The summed E-state index contributed by atoms with van der Waals surface area (Å²) in [6.07, 6.45) is 0.541. The monoisotopic (exact) mass is 422 g/mol. The Hall–Kier alpha value is -3.48. The summed E-state index contributed by atoms with van der Waals surface area (Å²) in [6, 6.07) is 12.8. The highest BCUT2D eigenvalue weighted by molar-refractivity contribution is 6.11.